The lowest BCUT2D eigenvalue weighted by Crippen LogP contribution is -2.50. The van der Waals surface area contributed by atoms with Crippen molar-refractivity contribution in [3.63, 3.8) is 0 Å². The van der Waals surface area contributed by atoms with Gasteiger partial charge in [-0.2, -0.15) is 0 Å². The highest BCUT2D eigenvalue weighted by atomic mass is 27.2. The highest BCUT2D eigenvalue weighted by molar-refractivity contribution is 6.56. The second-order valence-corrected chi connectivity index (χ2v) is 12.9. The molecular weight excluding hydrogens is 307 g/mol. The van der Waals surface area contributed by atoms with Crippen molar-refractivity contribution >= 4 is 20.1 Å². The van der Waals surface area contributed by atoms with Crippen molar-refractivity contribution in [3.8, 4) is 0 Å². The maximum absolute atomic E-state index is 4.82. The molecular formula is C21H43AlN2. The molecule has 0 rings (SSSR count). The van der Waals surface area contributed by atoms with E-state index in [1.807, 2.05) is 0 Å². The Kier molecular flexibility index (Phi) is 9.34. The summed E-state index contributed by atoms with van der Waals surface area (Å²) in [5, 5.41) is 2.74. The summed E-state index contributed by atoms with van der Waals surface area (Å²) in [6, 6.07) is 0. The molecule has 2 nitrogen and oxygen atoms in total. The Balaban J connectivity index is 5.77. The van der Waals surface area contributed by atoms with Crippen LogP contribution in [0.5, 0.6) is 0 Å². The van der Waals surface area contributed by atoms with E-state index in [1.165, 1.54) is 16.3 Å². The summed E-state index contributed by atoms with van der Waals surface area (Å²) in [5.74, 6) is 1.53. The second-order valence-electron chi connectivity index (χ2n) is 10.2. The first-order valence-corrected chi connectivity index (χ1v) is 11.8. The Hall–Kier alpha value is -0.258. The van der Waals surface area contributed by atoms with Gasteiger partial charge in [0.15, 0.2) is 0 Å². The standard InChI is InChI=1S/C13H25N2.2C4H9.Al/c1-10(14-12(3,4)5)9-11(2)15-13(6,7)8;2*1-4(2)3;/h9H,1-8H3;2*4H,1H2,2-3H3;/q-1;;;+1/b10-9+,15-11?;;;. The Labute approximate surface area is 157 Å². The molecule has 0 aliphatic rings. The topological polar surface area (TPSA) is 15.6 Å². The molecule has 0 heterocycles. The van der Waals surface area contributed by atoms with Crippen LogP contribution in [0.4, 0.5) is 0 Å². The normalized spacial score (nSPS) is 14.6. The zero-order chi connectivity index (χ0) is 19.3. The van der Waals surface area contributed by atoms with E-state index in [-0.39, 0.29) is 11.1 Å². The van der Waals surface area contributed by atoms with E-state index in [4.69, 9.17) is 4.99 Å². The lowest BCUT2D eigenvalue weighted by molar-refractivity contribution is 0.294. The van der Waals surface area contributed by atoms with E-state index >= 15 is 0 Å². The van der Waals surface area contributed by atoms with Crippen LogP contribution < -0.4 is 0 Å². The third kappa shape index (κ3) is 9.90. The average molecular weight is 351 g/mol. The molecule has 0 saturated carbocycles. The third-order valence-electron chi connectivity index (χ3n) is 3.88. The van der Waals surface area contributed by atoms with Crippen molar-refractivity contribution in [2.75, 3.05) is 0 Å². The summed E-state index contributed by atoms with van der Waals surface area (Å²) in [5.41, 5.74) is 2.69. The number of hydrogen-bond donors (Lipinski definition) is 0. The molecule has 140 valence electrons. The summed E-state index contributed by atoms with van der Waals surface area (Å²) >= 11 is -1.05. The van der Waals surface area contributed by atoms with E-state index in [2.05, 4.69) is 93.0 Å². The average Bonchev–Trinajstić information content (AvgIpc) is 2.20. The summed E-state index contributed by atoms with van der Waals surface area (Å²) in [6.07, 6.45) is 2.30. The van der Waals surface area contributed by atoms with Gasteiger partial charge in [-0.25, -0.2) is 0 Å². The van der Waals surface area contributed by atoms with Gasteiger partial charge in [-0.15, -0.1) is 0 Å². The SMILES string of the molecule is CC(/C=C(\C)[N]([Al]([CH2]C(C)C)[CH2]C(C)C)C(C)(C)C)=NC(C)(C)C. The van der Waals surface area contributed by atoms with Crippen molar-refractivity contribution in [2.45, 2.75) is 105 Å². The van der Waals surface area contributed by atoms with Gasteiger partial charge in [0.2, 0.25) is 0 Å². The second kappa shape index (κ2) is 9.44. The van der Waals surface area contributed by atoms with Gasteiger partial charge in [-0.3, -0.25) is 4.99 Å². The van der Waals surface area contributed by atoms with Crippen LogP contribution in [0.2, 0.25) is 10.6 Å². The van der Waals surface area contributed by atoms with Crippen LogP contribution in [0, 0.1) is 11.8 Å². The molecule has 3 heteroatoms. The molecule has 0 bridgehead atoms. The molecule has 0 atom stereocenters. The van der Waals surface area contributed by atoms with Gasteiger partial charge in [0.1, 0.15) is 0 Å². The van der Waals surface area contributed by atoms with Crippen molar-refractivity contribution in [1.29, 1.82) is 0 Å². The maximum atomic E-state index is 4.82. The van der Waals surface area contributed by atoms with Gasteiger partial charge in [-0.1, -0.05) is 50.1 Å². The van der Waals surface area contributed by atoms with Gasteiger partial charge in [0, 0.05) is 11.3 Å². The van der Waals surface area contributed by atoms with Crippen LogP contribution in [0.25, 0.3) is 0 Å². The van der Waals surface area contributed by atoms with E-state index in [9.17, 15) is 0 Å². The molecule has 0 fully saturated rings. The van der Waals surface area contributed by atoms with E-state index in [1.54, 1.807) is 0 Å². The van der Waals surface area contributed by atoms with Gasteiger partial charge in [-0.05, 0) is 67.2 Å². The third-order valence-corrected chi connectivity index (χ3v) is 8.77. The van der Waals surface area contributed by atoms with E-state index in [0.717, 1.165) is 17.5 Å². The molecule has 0 aromatic heterocycles. The van der Waals surface area contributed by atoms with Crippen molar-refractivity contribution < 1.29 is 0 Å². The molecule has 0 saturated heterocycles. The summed E-state index contributed by atoms with van der Waals surface area (Å²) < 4.78 is 2.77. The first-order chi connectivity index (χ1) is 10.6. The Morgan fingerprint density at radius 3 is 1.62 bits per heavy atom. The fourth-order valence-electron chi connectivity index (χ4n) is 3.69. The van der Waals surface area contributed by atoms with Gasteiger partial charge in [0.05, 0.1) is 5.54 Å². The Bertz CT molecular complexity index is 424. The van der Waals surface area contributed by atoms with Gasteiger partial charge >= 0.3 is 14.4 Å². The van der Waals surface area contributed by atoms with Crippen molar-refractivity contribution in [1.82, 2.24) is 3.88 Å². The van der Waals surface area contributed by atoms with E-state index < -0.39 is 14.4 Å². The first-order valence-electron chi connectivity index (χ1n) is 9.67. The molecule has 0 aliphatic carbocycles. The molecule has 24 heavy (non-hydrogen) atoms. The summed E-state index contributed by atoms with van der Waals surface area (Å²) in [7, 11) is 0. The van der Waals surface area contributed by atoms with Gasteiger partial charge < -0.3 is 3.88 Å². The fraction of sp³-hybridized carbons (Fsp3) is 0.857. The number of rotatable bonds is 7. The first kappa shape index (κ1) is 23.7. The number of nitrogens with zero attached hydrogens (tertiary/aromatic N) is 2. The minimum Gasteiger partial charge on any atom is -0.462 e. The lowest BCUT2D eigenvalue weighted by atomic mass is 10.1. The summed E-state index contributed by atoms with van der Waals surface area (Å²) in [6.45, 7) is 27.5. The van der Waals surface area contributed by atoms with Gasteiger partial charge in [0.25, 0.3) is 0 Å². The zero-order valence-electron chi connectivity index (χ0n) is 18.6. The van der Waals surface area contributed by atoms with Crippen LogP contribution in [0.15, 0.2) is 16.8 Å². The minimum absolute atomic E-state index is 0.0138. The van der Waals surface area contributed by atoms with Crippen LogP contribution in [-0.4, -0.2) is 35.0 Å². The number of allylic oxidation sites excluding steroid dienone is 2. The molecule has 0 spiro atoms. The monoisotopic (exact) mass is 350 g/mol. The quantitative estimate of drug-likeness (QED) is 0.375. The molecule has 0 unspecified atom stereocenters. The number of hydrogen-bond acceptors (Lipinski definition) is 2. The predicted octanol–water partition coefficient (Wildman–Crippen LogP) is 6.55. The fourth-order valence-corrected chi connectivity index (χ4v) is 8.23. The Morgan fingerprint density at radius 2 is 1.33 bits per heavy atom. The predicted molar refractivity (Wildman–Crippen MR) is 113 cm³/mol. The molecule has 0 aliphatic heterocycles. The Morgan fingerprint density at radius 1 is 0.917 bits per heavy atom. The van der Waals surface area contributed by atoms with Crippen LogP contribution in [0.3, 0.4) is 0 Å². The highest BCUT2D eigenvalue weighted by Gasteiger charge is 2.35. The van der Waals surface area contributed by atoms with Crippen molar-refractivity contribution in [2.24, 2.45) is 16.8 Å². The van der Waals surface area contributed by atoms with Crippen LogP contribution in [0.1, 0.15) is 83.1 Å². The van der Waals surface area contributed by atoms with Crippen LogP contribution >= 0.6 is 0 Å². The minimum atomic E-state index is -1.05. The highest BCUT2D eigenvalue weighted by Crippen LogP contribution is 2.28. The smallest absolute Gasteiger partial charge is 0.414 e. The lowest BCUT2D eigenvalue weighted by Gasteiger charge is -2.45. The molecule has 0 aromatic carbocycles. The largest absolute Gasteiger partial charge is 0.462 e. The van der Waals surface area contributed by atoms with Crippen molar-refractivity contribution in [3.05, 3.63) is 11.8 Å². The molecule has 0 amide bonds. The van der Waals surface area contributed by atoms with E-state index in [0.29, 0.717) is 0 Å². The molecule has 0 aromatic rings. The molecule has 0 radical (unpaired) electrons. The molecule has 0 N–H and O–H groups in total. The zero-order valence-corrected chi connectivity index (χ0v) is 19.8. The number of aliphatic imine (C=N–C) groups is 1. The maximum Gasteiger partial charge on any atom is 0.414 e. The van der Waals surface area contributed by atoms with Crippen LogP contribution in [-0.2, 0) is 0 Å². The summed E-state index contributed by atoms with van der Waals surface area (Å²) in [4.78, 5) is 4.82.